The molecule has 5 heteroatoms. The molecule has 0 saturated carbocycles. The highest BCUT2D eigenvalue weighted by Crippen LogP contribution is 2.17. The number of aryl methyl sites for hydroxylation is 1. The minimum Gasteiger partial charge on any atom is -0.772 e. The number of hydrogen-bond acceptors (Lipinski definition) is 3. The highest BCUT2D eigenvalue weighted by atomic mass is 35.5. The van der Waals surface area contributed by atoms with Gasteiger partial charge >= 0.3 is 0 Å². The second-order valence-electron chi connectivity index (χ2n) is 4.12. The predicted octanol–water partition coefficient (Wildman–Crippen LogP) is 3.34. The molecular weight excluding hydrogens is 284 g/mol. The van der Waals surface area contributed by atoms with Crippen LogP contribution >= 0.6 is 11.6 Å². The fourth-order valence-electron chi connectivity index (χ4n) is 1.78. The van der Waals surface area contributed by atoms with Crippen LogP contribution in [0.3, 0.4) is 0 Å². The van der Waals surface area contributed by atoms with Gasteiger partial charge < -0.3 is 4.55 Å². The first-order valence-electron chi connectivity index (χ1n) is 6.07. The molecule has 0 aliphatic rings. The summed E-state index contributed by atoms with van der Waals surface area (Å²) in [6, 6.07) is 4.97. The molecule has 1 atom stereocenters. The number of allylic oxidation sites excluding steroid dienone is 2. The van der Waals surface area contributed by atoms with E-state index < -0.39 is 16.3 Å². The van der Waals surface area contributed by atoms with Crippen LogP contribution < -0.4 is 0 Å². The molecule has 1 aromatic carbocycles. The van der Waals surface area contributed by atoms with Crippen molar-refractivity contribution in [2.75, 3.05) is 0 Å². The number of halogens is 1. The van der Waals surface area contributed by atoms with E-state index in [1.165, 1.54) is 0 Å². The van der Waals surface area contributed by atoms with Gasteiger partial charge in [-0.1, -0.05) is 36.2 Å². The summed E-state index contributed by atoms with van der Waals surface area (Å²) in [5.74, 6) is -0.0924. The van der Waals surface area contributed by atoms with Gasteiger partial charge in [-0.15, -0.1) is 0 Å². The van der Waals surface area contributed by atoms with Gasteiger partial charge in [0.15, 0.2) is 0 Å². The van der Waals surface area contributed by atoms with E-state index in [0.29, 0.717) is 11.1 Å². The second kappa shape index (κ2) is 8.25. The Labute approximate surface area is 121 Å². The van der Waals surface area contributed by atoms with E-state index in [4.69, 9.17) is 11.6 Å². The first-order chi connectivity index (χ1) is 9.04. The topological polar surface area (TPSA) is 57.2 Å². The Hall–Kier alpha value is -0.970. The Balaban J connectivity index is 2.91. The van der Waals surface area contributed by atoms with E-state index >= 15 is 0 Å². The zero-order chi connectivity index (χ0) is 14.3. The molecule has 0 radical (unpaired) electrons. The monoisotopic (exact) mass is 299 g/mol. The lowest BCUT2D eigenvalue weighted by Gasteiger charge is -2.11. The lowest BCUT2D eigenvalue weighted by atomic mass is 10.0. The number of rotatable bonds is 7. The number of benzene rings is 1. The lowest BCUT2D eigenvalue weighted by Crippen LogP contribution is -2.02. The molecule has 0 aliphatic carbocycles. The van der Waals surface area contributed by atoms with Crippen LogP contribution in [0.2, 0.25) is 0 Å². The van der Waals surface area contributed by atoms with Crippen LogP contribution in [0.4, 0.5) is 0 Å². The van der Waals surface area contributed by atoms with Crippen LogP contribution in [-0.4, -0.2) is 14.0 Å². The van der Waals surface area contributed by atoms with Crippen molar-refractivity contribution in [3.05, 3.63) is 47.0 Å². The van der Waals surface area contributed by atoms with Gasteiger partial charge in [0, 0.05) is 11.3 Å². The first-order valence-corrected chi connectivity index (χ1v) is 7.69. The van der Waals surface area contributed by atoms with Crippen LogP contribution in [0.25, 0.3) is 0 Å². The van der Waals surface area contributed by atoms with Crippen molar-refractivity contribution in [1.82, 2.24) is 0 Å². The molecular formula is C14H16ClO3S-. The third-order valence-electron chi connectivity index (χ3n) is 2.69. The quantitative estimate of drug-likeness (QED) is 0.441. The molecule has 1 rings (SSSR count). The molecule has 3 nitrogen and oxygen atoms in total. The highest BCUT2D eigenvalue weighted by molar-refractivity contribution is 7.78. The second-order valence-corrected chi connectivity index (χ2v) is 5.36. The van der Waals surface area contributed by atoms with Crippen LogP contribution in [0.5, 0.6) is 0 Å². The molecule has 0 heterocycles. The van der Waals surface area contributed by atoms with Crippen LogP contribution in [-0.2, 0) is 23.3 Å². The van der Waals surface area contributed by atoms with Crippen LogP contribution in [0.1, 0.15) is 41.3 Å². The average Bonchev–Trinajstić information content (AvgIpc) is 2.35. The van der Waals surface area contributed by atoms with E-state index in [9.17, 15) is 13.6 Å². The van der Waals surface area contributed by atoms with Gasteiger partial charge in [0.2, 0.25) is 0 Å². The van der Waals surface area contributed by atoms with E-state index in [2.05, 4.69) is 19.1 Å². The standard InChI is InChI=1S/C14H17ClO3S/c1-2-3-4-5-6-11-7-8-12(14(15)16)9-13(11)10-19(17)18/h3-4,7-9H,2,5-6,10H2,1H3,(H,17,18)/p-1. The zero-order valence-corrected chi connectivity index (χ0v) is 12.3. The Kier molecular flexibility index (Phi) is 6.99. The van der Waals surface area contributed by atoms with Crippen LogP contribution in [0, 0.1) is 0 Å². The third-order valence-corrected chi connectivity index (χ3v) is 3.45. The summed E-state index contributed by atoms with van der Waals surface area (Å²) >= 11 is 3.23. The molecule has 0 spiro atoms. The van der Waals surface area contributed by atoms with Gasteiger partial charge in [-0.25, -0.2) is 0 Å². The maximum absolute atomic E-state index is 11.1. The van der Waals surface area contributed by atoms with E-state index in [1.54, 1.807) is 18.2 Å². The smallest absolute Gasteiger partial charge is 0.252 e. The normalized spacial score (nSPS) is 12.8. The van der Waals surface area contributed by atoms with Crippen LogP contribution in [0.15, 0.2) is 30.4 Å². The average molecular weight is 300 g/mol. The zero-order valence-electron chi connectivity index (χ0n) is 10.7. The fraction of sp³-hybridized carbons (Fsp3) is 0.357. The van der Waals surface area contributed by atoms with E-state index in [-0.39, 0.29) is 5.75 Å². The maximum atomic E-state index is 11.1. The molecule has 19 heavy (non-hydrogen) atoms. The lowest BCUT2D eigenvalue weighted by molar-refractivity contribution is 0.108. The summed E-state index contributed by atoms with van der Waals surface area (Å²) in [5.41, 5.74) is 1.91. The minimum absolute atomic E-state index is 0.0924. The van der Waals surface area contributed by atoms with Crippen molar-refractivity contribution in [2.45, 2.75) is 31.9 Å². The van der Waals surface area contributed by atoms with Crippen molar-refractivity contribution >= 4 is 27.9 Å². The summed E-state index contributed by atoms with van der Waals surface area (Å²) < 4.78 is 21.7. The molecule has 0 bridgehead atoms. The Morgan fingerprint density at radius 2 is 2.11 bits per heavy atom. The number of carbonyl (C=O) groups is 1. The van der Waals surface area contributed by atoms with Gasteiger partial charge in [-0.05, 0) is 54.1 Å². The summed E-state index contributed by atoms with van der Waals surface area (Å²) in [4.78, 5) is 11.1. The molecule has 0 aliphatic heterocycles. The summed E-state index contributed by atoms with van der Waals surface area (Å²) in [7, 11) is 0. The minimum atomic E-state index is -2.18. The molecule has 0 N–H and O–H groups in total. The number of hydrogen-bond donors (Lipinski definition) is 0. The molecule has 1 aromatic rings. The molecule has 0 amide bonds. The molecule has 1 unspecified atom stereocenters. The van der Waals surface area contributed by atoms with Gasteiger partial charge in [0.25, 0.3) is 5.24 Å². The Bertz CT molecular complexity index is 497. The van der Waals surface area contributed by atoms with Crippen molar-refractivity contribution in [3.8, 4) is 0 Å². The predicted molar refractivity (Wildman–Crippen MR) is 77.0 cm³/mol. The van der Waals surface area contributed by atoms with Crippen molar-refractivity contribution < 1.29 is 13.6 Å². The van der Waals surface area contributed by atoms with Gasteiger partial charge in [-0.3, -0.25) is 9.00 Å². The molecule has 0 fully saturated rings. The summed E-state index contributed by atoms with van der Waals surface area (Å²) in [5, 5.41) is -0.574. The van der Waals surface area contributed by atoms with Crippen molar-refractivity contribution in [3.63, 3.8) is 0 Å². The molecule has 0 saturated heterocycles. The molecule has 0 aromatic heterocycles. The first kappa shape index (κ1) is 16.1. The van der Waals surface area contributed by atoms with Gasteiger partial charge in [-0.2, -0.15) is 0 Å². The summed E-state index contributed by atoms with van der Waals surface area (Å²) in [6.45, 7) is 2.06. The fourth-order valence-corrected chi connectivity index (χ4v) is 2.42. The Morgan fingerprint density at radius 3 is 2.68 bits per heavy atom. The maximum Gasteiger partial charge on any atom is 0.252 e. The number of carbonyl (C=O) groups excluding carboxylic acids is 1. The SMILES string of the molecule is CCC=CCCc1ccc(C(=O)Cl)cc1CS(=O)[O-]. The van der Waals surface area contributed by atoms with Gasteiger partial charge in [0.1, 0.15) is 0 Å². The third kappa shape index (κ3) is 5.68. The van der Waals surface area contributed by atoms with E-state index in [1.807, 2.05) is 0 Å². The van der Waals surface area contributed by atoms with Crippen molar-refractivity contribution in [1.29, 1.82) is 0 Å². The van der Waals surface area contributed by atoms with Crippen molar-refractivity contribution in [2.24, 2.45) is 0 Å². The Morgan fingerprint density at radius 1 is 1.37 bits per heavy atom. The van der Waals surface area contributed by atoms with E-state index in [0.717, 1.165) is 24.8 Å². The molecule has 104 valence electrons. The summed E-state index contributed by atoms with van der Waals surface area (Å²) in [6.07, 6.45) is 6.72. The van der Waals surface area contributed by atoms with Gasteiger partial charge in [0.05, 0.1) is 0 Å². The largest absolute Gasteiger partial charge is 0.772 e. The highest BCUT2D eigenvalue weighted by Gasteiger charge is 2.07.